The van der Waals surface area contributed by atoms with Crippen molar-refractivity contribution >= 4 is 6.29 Å². The van der Waals surface area contributed by atoms with Crippen LogP contribution in [-0.2, 0) is 11.2 Å². The van der Waals surface area contributed by atoms with E-state index >= 15 is 0 Å². The van der Waals surface area contributed by atoms with E-state index in [1.807, 2.05) is 6.07 Å². The van der Waals surface area contributed by atoms with Gasteiger partial charge in [-0.1, -0.05) is 12.1 Å². The lowest BCUT2D eigenvalue weighted by atomic mass is 10.1. The first-order valence-corrected chi connectivity index (χ1v) is 4.42. The normalized spacial score (nSPS) is 10.0. The molecule has 0 aliphatic rings. The summed E-state index contributed by atoms with van der Waals surface area (Å²) in [4.78, 5) is 10.1. The molecule has 0 saturated heterocycles. The number of halogens is 1. The molecule has 1 aromatic rings. The zero-order chi connectivity index (χ0) is 9.68. The minimum Gasteiger partial charge on any atom is -0.303 e. The van der Waals surface area contributed by atoms with Crippen molar-refractivity contribution < 1.29 is 9.18 Å². The average molecular weight is 180 g/mol. The second-order valence-electron chi connectivity index (χ2n) is 3.14. The molecule has 70 valence electrons. The molecule has 0 unspecified atom stereocenters. The fraction of sp³-hybridized carbons (Fsp3) is 0.364. The van der Waals surface area contributed by atoms with E-state index in [9.17, 15) is 9.18 Å². The Morgan fingerprint density at radius 3 is 2.85 bits per heavy atom. The lowest BCUT2D eigenvalue weighted by Crippen LogP contribution is -1.89. The molecule has 0 N–H and O–H groups in total. The van der Waals surface area contributed by atoms with Crippen LogP contribution in [0.1, 0.15) is 24.0 Å². The summed E-state index contributed by atoms with van der Waals surface area (Å²) < 4.78 is 12.8. The van der Waals surface area contributed by atoms with Crippen molar-refractivity contribution in [3.63, 3.8) is 0 Å². The molecule has 0 radical (unpaired) electrons. The number of rotatable bonds is 4. The maximum Gasteiger partial charge on any atom is 0.126 e. The molecule has 0 saturated carbocycles. The van der Waals surface area contributed by atoms with Gasteiger partial charge >= 0.3 is 0 Å². The molecule has 0 fully saturated rings. The van der Waals surface area contributed by atoms with Crippen LogP contribution in [0, 0.1) is 12.7 Å². The van der Waals surface area contributed by atoms with E-state index in [0.717, 1.165) is 24.7 Å². The van der Waals surface area contributed by atoms with Gasteiger partial charge in [-0.25, -0.2) is 4.39 Å². The molecule has 1 nitrogen and oxygen atoms in total. The summed E-state index contributed by atoms with van der Waals surface area (Å²) >= 11 is 0. The highest BCUT2D eigenvalue weighted by molar-refractivity contribution is 5.49. The van der Waals surface area contributed by atoms with Gasteiger partial charge in [-0.2, -0.15) is 0 Å². The minimum absolute atomic E-state index is 0.167. The molecule has 0 atom stereocenters. The number of aldehydes is 1. The SMILES string of the molecule is Cc1cc(CCCC=O)ccc1F. The summed E-state index contributed by atoms with van der Waals surface area (Å²) in [6.45, 7) is 1.75. The van der Waals surface area contributed by atoms with E-state index in [2.05, 4.69) is 0 Å². The number of hydrogen-bond donors (Lipinski definition) is 0. The maximum absolute atomic E-state index is 12.8. The molecule has 13 heavy (non-hydrogen) atoms. The van der Waals surface area contributed by atoms with Gasteiger partial charge in [0.05, 0.1) is 0 Å². The fourth-order valence-electron chi connectivity index (χ4n) is 1.25. The first kappa shape index (κ1) is 9.90. The Hall–Kier alpha value is -1.18. The highest BCUT2D eigenvalue weighted by Crippen LogP contribution is 2.11. The number of carbonyl (C=O) groups is 1. The summed E-state index contributed by atoms with van der Waals surface area (Å²) in [6, 6.07) is 5.08. The second kappa shape index (κ2) is 4.75. The standard InChI is InChI=1S/C11H13FO/c1-9-8-10(4-2-3-7-13)5-6-11(9)12/h5-8H,2-4H2,1H3. The zero-order valence-corrected chi connectivity index (χ0v) is 7.72. The smallest absolute Gasteiger partial charge is 0.126 e. The molecule has 0 spiro atoms. The monoisotopic (exact) mass is 180 g/mol. The second-order valence-corrected chi connectivity index (χ2v) is 3.14. The van der Waals surface area contributed by atoms with Gasteiger partial charge in [-0.05, 0) is 37.0 Å². The molecule has 0 aromatic heterocycles. The van der Waals surface area contributed by atoms with E-state index in [1.165, 1.54) is 6.07 Å². The van der Waals surface area contributed by atoms with Crippen LogP contribution in [0.25, 0.3) is 0 Å². The van der Waals surface area contributed by atoms with Gasteiger partial charge in [0.1, 0.15) is 12.1 Å². The quantitative estimate of drug-likeness (QED) is 0.514. The largest absolute Gasteiger partial charge is 0.303 e. The first-order chi connectivity index (χ1) is 6.24. The van der Waals surface area contributed by atoms with Gasteiger partial charge in [-0.15, -0.1) is 0 Å². The Balaban J connectivity index is 2.57. The van der Waals surface area contributed by atoms with E-state index in [1.54, 1.807) is 13.0 Å². The van der Waals surface area contributed by atoms with Crippen molar-refractivity contribution in [2.45, 2.75) is 26.2 Å². The van der Waals surface area contributed by atoms with Crippen molar-refractivity contribution in [3.05, 3.63) is 35.1 Å². The van der Waals surface area contributed by atoms with Crippen molar-refractivity contribution in [2.24, 2.45) is 0 Å². The third kappa shape index (κ3) is 2.98. The third-order valence-corrected chi connectivity index (χ3v) is 2.01. The third-order valence-electron chi connectivity index (χ3n) is 2.01. The van der Waals surface area contributed by atoms with Crippen molar-refractivity contribution in [3.8, 4) is 0 Å². The van der Waals surface area contributed by atoms with E-state index in [0.29, 0.717) is 12.0 Å². The first-order valence-electron chi connectivity index (χ1n) is 4.42. The maximum atomic E-state index is 12.8. The van der Waals surface area contributed by atoms with E-state index in [-0.39, 0.29) is 5.82 Å². The van der Waals surface area contributed by atoms with Crippen LogP contribution in [0.2, 0.25) is 0 Å². The molecule has 2 heteroatoms. The molecular formula is C11H13FO. The fourth-order valence-corrected chi connectivity index (χ4v) is 1.25. The van der Waals surface area contributed by atoms with Crippen molar-refractivity contribution in [1.82, 2.24) is 0 Å². The van der Waals surface area contributed by atoms with Crippen LogP contribution < -0.4 is 0 Å². The summed E-state index contributed by atoms with van der Waals surface area (Å²) in [5, 5.41) is 0. The van der Waals surface area contributed by atoms with Gasteiger partial charge < -0.3 is 4.79 Å². The highest BCUT2D eigenvalue weighted by Gasteiger charge is 1.98. The van der Waals surface area contributed by atoms with Crippen LogP contribution >= 0.6 is 0 Å². The van der Waals surface area contributed by atoms with Gasteiger partial charge in [-0.3, -0.25) is 0 Å². The number of benzene rings is 1. The summed E-state index contributed by atoms with van der Waals surface area (Å²) in [6.07, 6.45) is 3.18. The molecule has 0 heterocycles. The van der Waals surface area contributed by atoms with E-state index < -0.39 is 0 Å². The summed E-state index contributed by atoms with van der Waals surface area (Å²) in [7, 11) is 0. The van der Waals surface area contributed by atoms with Gasteiger partial charge in [0.25, 0.3) is 0 Å². The Morgan fingerprint density at radius 1 is 1.46 bits per heavy atom. The molecule has 1 aromatic carbocycles. The predicted molar refractivity (Wildman–Crippen MR) is 50.1 cm³/mol. The topological polar surface area (TPSA) is 17.1 Å². The van der Waals surface area contributed by atoms with Crippen LogP contribution in [0.3, 0.4) is 0 Å². The Morgan fingerprint density at radius 2 is 2.23 bits per heavy atom. The average Bonchev–Trinajstić information content (AvgIpc) is 2.12. The van der Waals surface area contributed by atoms with Gasteiger partial charge in [0.15, 0.2) is 0 Å². The highest BCUT2D eigenvalue weighted by atomic mass is 19.1. The Bertz CT molecular complexity index is 294. The minimum atomic E-state index is -0.167. The number of hydrogen-bond acceptors (Lipinski definition) is 1. The number of carbonyl (C=O) groups excluding carboxylic acids is 1. The lowest BCUT2D eigenvalue weighted by Gasteiger charge is -2.01. The summed E-state index contributed by atoms with van der Waals surface area (Å²) in [5.74, 6) is -0.167. The Kier molecular flexibility index (Phi) is 3.62. The van der Waals surface area contributed by atoms with Crippen molar-refractivity contribution in [1.29, 1.82) is 0 Å². The van der Waals surface area contributed by atoms with Crippen molar-refractivity contribution in [2.75, 3.05) is 0 Å². The molecular weight excluding hydrogens is 167 g/mol. The molecule has 0 aliphatic heterocycles. The lowest BCUT2D eigenvalue weighted by molar-refractivity contribution is -0.107. The number of unbranched alkanes of at least 4 members (excludes halogenated alkanes) is 1. The van der Waals surface area contributed by atoms with Crippen LogP contribution in [0.4, 0.5) is 4.39 Å². The van der Waals surface area contributed by atoms with Crippen LogP contribution in [0.15, 0.2) is 18.2 Å². The van der Waals surface area contributed by atoms with Crippen LogP contribution in [0.5, 0.6) is 0 Å². The van der Waals surface area contributed by atoms with Gasteiger partial charge in [0, 0.05) is 6.42 Å². The van der Waals surface area contributed by atoms with Crippen LogP contribution in [-0.4, -0.2) is 6.29 Å². The molecule has 0 amide bonds. The Labute approximate surface area is 77.6 Å². The zero-order valence-electron chi connectivity index (χ0n) is 7.72. The molecule has 1 rings (SSSR count). The summed E-state index contributed by atoms with van der Waals surface area (Å²) in [5.41, 5.74) is 1.77. The molecule has 0 bridgehead atoms. The number of aryl methyl sites for hydroxylation is 2. The predicted octanol–water partition coefficient (Wildman–Crippen LogP) is 2.66. The molecule has 0 aliphatic carbocycles. The van der Waals surface area contributed by atoms with Gasteiger partial charge in [0.2, 0.25) is 0 Å². The van der Waals surface area contributed by atoms with E-state index in [4.69, 9.17) is 0 Å².